The van der Waals surface area contributed by atoms with E-state index in [4.69, 9.17) is 18.3 Å². The smallest absolute Gasteiger partial charge is 0.334 e. The minimum Gasteiger partial charge on any atom is -0.395 e. The van der Waals surface area contributed by atoms with Gasteiger partial charge in [0, 0.05) is 25.2 Å². The van der Waals surface area contributed by atoms with E-state index >= 15 is 0 Å². The van der Waals surface area contributed by atoms with Crippen molar-refractivity contribution >= 4 is 8.56 Å². The Morgan fingerprint density at radius 2 is 1.74 bits per heavy atom. The highest BCUT2D eigenvalue weighted by molar-refractivity contribution is 6.66. The standard InChI is InChI=1S/C14H30O4Si/c1-5-17-19(4,18-6-2)10-8-7-9-15-11-14(3)12-16-13-14/h5-13H2,1-4H3. The second-order valence-electron chi connectivity index (χ2n) is 5.81. The van der Waals surface area contributed by atoms with E-state index in [0.717, 1.165) is 58.5 Å². The van der Waals surface area contributed by atoms with Crippen LogP contribution in [0.15, 0.2) is 0 Å². The first-order chi connectivity index (χ1) is 9.04. The van der Waals surface area contributed by atoms with E-state index < -0.39 is 8.56 Å². The largest absolute Gasteiger partial charge is 0.395 e. The second kappa shape index (κ2) is 8.37. The van der Waals surface area contributed by atoms with Crippen molar-refractivity contribution in [3.63, 3.8) is 0 Å². The molecule has 0 atom stereocenters. The minimum atomic E-state index is -1.92. The molecule has 0 spiro atoms. The number of ether oxygens (including phenoxy) is 2. The van der Waals surface area contributed by atoms with Crippen LogP contribution in [-0.2, 0) is 18.3 Å². The molecule has 0 N–H and O–H groups in total. The second-order valence-corrected chi connectivity index (χ2v) is 9.16. The first kappa shape index (κ1) is 17.1. The molecule has 4 nitrogen and oxygen atoms in total. The zero-order chi connectivity index (χ0) is 14.2. The number of hydrogen-bond donors (Lipinski definition) is 0. The number of rotatable bonds is 11. The highest BCUT2D eigenvalue weighted by Crippen LogP contribution is 2.26. The normalized spacial score (nSPS) is 18.3. The first-order valence-corrected chi connectivity index (χ1v) is 9.99. The molecule has 0 aromatic carbocycles. The van der Waals surface area contributed by atoms with Gasteiger partial charge < -0.3 is 18.3 Å². The summed E-state index contributed by atoms with van der Waals surface area (Å²) in [5.41, 5.74) is 0.264. The van der Waals surface area contributed by atoms with E-state index in [1.54, 1.807) is 0 Å². The summed E-state index contributed by atoms with van der Waals surface area (Å²) in [6, 6.07) is 1.05. The Morgan fingerprint density at radius 1 is 1.11 bits per heavy atom. The van der Waals surface area contributed by atoms with Gasteiger partial charge in [-0.1, -0.05) is 6.92 Å². The van der Waals surface area contributed by atoms with Gasteiger partial charge in [-0.3, -0.25) is 0 Å². The zero-order valence-corrected chi connectivity index (χ0v) is 14.0. The van der Waals surface area contributed by atoms with Crippen LogP contribution < -0.4 is 0 Å². The van der Waals surface area contributed by atoms with Gasteiger partial charge in [0.2, 0.25) is 0 Å². The molecule has 0 amide bonds. The average Bonchev–Trinajstić information content (AvgIpc) is 2.32. The Bertz CT molecular complexity index is 238. The fourth-order valence-corrected chi connectivity index (χ4v) is 4.78. The Hall–Kier alpha value is 0.0569. The van der Waals surface area contributed by atoms with Crippen molar-refractivity contribution in [2.24, 2.45) is 5.41 Å². The monoisotopic (exact) mass is 290 g/mol. The van der Waals surface area contributed by atoms with Crippen LogP contribution in [0, 0.1) is 5.41 Å². The summed E-state index contributed by atoms with van der Waals surface area (Å²) in [4.78, 5) is 0. The Balaban J connectivity index is 2.04. The molecule has 1 rings (SSSR count). The molecule has 0 bridgehead atoms. The van der Waals surface area contributed by atoms with E-state index in [1.165, 1.54) is 0 Å². The lowest BCUT2D eigenvalue weighted by Gasteiger charge is -2.37. The maximum Gasteiger partial charge on any atom is 0.334 e. The number of hydrogen-bond acceptors (Lipinski definition) is 4. The van der Waals surface area contributed by atoms with Gasteiger partial charge in [-0.15, -0.1) is 0 Å². The fourth-order valence-electron chi connectivity index (χ4n) is 2.30. The van der Waals surface area contributed by atoms with Gasteiger partial charge in [0.15, 0.2) is 0 Å². The van der Waals surface area contributed by atoms with Gasteiger partial charge in [-0.2, -0.15) is 0 Å². The topological polar surface area (TPSA) is 36.9 Å². The third-order valence-electron chi connectivity index (χ3n) is 3.42. The molecule has 0 saturated carbocycles. The lowest BCUT2D eigenvalue weighted by Crippen LogP contribution is -2.43. The predicted molar refractivity (Wildman–Crippen MR) is 78.7 cm³/mol. The molecule has 0 radical (unpaired) electrons. The molecule has 1 aliphatic heterocycles. The lowest BCUT2D eigenvalue weighted by atomic mass is 9.90. The highest BCUT2D eigenvalue weighted by Gasteiger charge is 2.33. The van der Waals surface area contributed by atoms with Crippen molar-refractivity contribution in [3.8, 4) is 0 Å². The molecule has 0 aromatic rings. The van der Waals surface area contributed by atoms with Crippen LogP contribution in [0.4, 0.5) is 0 Å². The van der Waals surface area contributed by atoms with Crippen molar-refractivity contribution < 1.29 is 18.3 Å². The molecule has 19 heavy (non-hydrogen) atoms. The van der Waals surface area contributed by atoms with Crippen LogP contribution >= 0.6 is 0 Å². The van der Waals surface area contributed by atoms with Gasteiger partial charge >= 0.3 is 8.56 Å². The van der Waals surface area contributed by atoms with E-state index in [2.05, 4.69) is 13.5 Å². The SMILES string of the molecule is CCO[Si](C)(CCCCOCC1(C)COC1)OCC. The maximum atomic E-state index is 5.82. The van der Waals surface area contributed by atoms with Crippen LogP contribution in [0.1, 0.15) is 33.6 Å². The molecule has 1 fully saturated rings. The van der Waals surface area contributed by atoms with Crippen molar-refractivity contribution in [3.05, 3.63) is 0 Å². The van der Waals surface area contributed by atoms with Crippen molar-refractivity contribution in [2.45, 2.75) is 46.2 Å². The molecule has 114 valence electrons. The molecule has 1 heterocycles. The summed E-state index contributed by atoms with van der Waals surface area (Å²) in [5.74, 6) is 0. The summed E-state index contributed by atoms with van der Waals surface area (Å²) in [6.45, 7) is 13.3. The van der Waals surface area contributed by atoms with Gasteiger partial charge in [-0.05, 0) is 39.3 Å². The van der Waals surface area contributed by atoms with Crippen LogP contribution in [0.2, 0.25) is 12.6 Å². The van der Waals surface area contributed by atoms with E-state index in [1.807, 2.05) is 13.8 Å². The predicted octanol–water partition coefficient (Wildman–Crippen LogP) is 2.96. The molecular formula is C14H30O4Si. The van der Waals surface area contributed by atoms with Crippen molar-refractivity contribution in [1.82, 2.24) is 0 Å². The Morgan fingerprint density at radius 3 is 2.21 bits per heavy atom. The molecule has 1 aliphatic rings. The maximum absolute atomic E-state index is 5.82. The molecule has 0 aromatic heterocycles. The van der Waals surface area contributed by atoms with Crippen LogP contribution in [0.3, 0.4) is 0 Å². The average molecular weight is 290 g/mol. The Kier molecular flexibility index (Phi) is 7.53. The van der Waals surface area contributed by atoms with Gasteiger partial charge in [0.1, 0.15) is 0 Å². The van der Waals surface area contributed by atoms with Crippen LogP contribution in [0.25, 0.3) is 0 Å². The quantitative estimate of drug-likeness (QED) is 0.433. The van der Waals surface area contributed by atoms with Crippen molar-refractivity contribution in [2.75, 3.05) is 39.6 Å². The van der Waals surface area contributed by atoms with Crippen LogP contribution in [0.5, 0.6) is 0 Å². The number of unbranched alkanes of at least 4 members (excludes halogenated alkanes) is 1. The van der Waals surface area contributed by atoms with Crippen molar-refractivity contribution in [1.29, 1.82) is 0 Å². The molecule has 1 saturated heterocycles. The third-order valence-corrected chi connectivity index (χ3v) is 6.48. The molecule has 0 unspecified atom stereocenters. The first-order valence-electron chi connectivity index (χ1n) is 7.47. The van der Waals surface area contributed by atoms with E-state index in [-0.39, 0.29) is 5.41 Å². The third kappa shape index (κ3) is 6.36. The van der Waals surface area contributed by atoms with Gasteiger partial charge in [0.05, 0.1) is 19.8 Å². The Labute approximate surface area is 119 Å². The summed E-state index contributed by atoms with van der Waals surface area (Å²) >= 11 is 0. The highest BCUT2D eigenvalue weighted by atomic mass is 28.4. The van der Waals surface area contributed by atoms with Crippen LogP contribution in [-0.4, -0.2) is 48.2 Å². The van der Waals surface area contributed by atoms with Gasteiger partial charge in [-0.25, -0.2) is 0 Å². The van der Waals surface area contributed by atoms with E-state index in [0.29, 0.717) is 0 Å². The van der Waals surface area contributed by atoms with Gasteiger partial charge in [0.25, 0.3) is 0 Å². The summed E-state index contributed by atoms with van der Waals surface area (Å²) < 4.78 is 22.6. The summed E-state index contributed by atoms with van der Waals surface area (Å²) in [5, 5.41) is 0. The molecule has 0 aliphatic carbocycles. The fraction of sp³-hybridized carbons (Fsp3) is 1.00. The minimum absolute atomic E-state index is 0.264. The summed E-state index contributed by atoms with van der Waals surface area (Å²) in [7, 11) is -1.92. The lowest BCUT2D eigenvalue weighted by molar-refractivity contribution is -0.137. The molecule has 5 heteroatoms. The molecular weight excluding hydrogens is 260 g/mol. The zero-order valence-electron chi connectivity index (χ0n) is 13.0. The summed E-state index contributed by atoms with van der Waals surface area (Å²) in [6.07, 6.45) is 2.20. The van der Waals surface area contributed by atoms with E-state index in [9.17, 15) is 0 Å².